The number of anilines is 1. The zero-order chi connectivity index (χ0) is 14.7. The SMILES string of the molecule is Cc1cc(C)c(C(=O)O)cc1NC(=O)[C@H]1CCCCO1. The highest BCUT2D eigenvalue weighted by atomic mass is 16.5. The minimum atomic E-state index is -0.994. The zero-order valence-electron chi connectivity index (χ0n) is 11.7. The lowest BCUT2D eigenvalue weighted by Gasteiger charge is -2.22. The van der Waals surface area contributed by atoms with Gasteiger partial charge in [0.1, 0.15) is 6.10 Å². The quantitative estimate of drug-likeness (QED) is 0.890. The first-order valence-corrected chi connectivity index (χ1v) is 6.76. The minimum absolute atomic E-state index is 0.201. The Labute approximate surface area is 117 Å². The van der Waals surface area contributed by atoms with Gasteiger partial charge in [-0.15, -0.1) is 0 Å². The summed E-state index contributed by atoms with van der Waals surface area (Å²) in [6, 6.07) is 3.27. The van der Waals surface area contributed by atoms with E-state index in [2.05, 4.69) is 5.32 Å². The average molecular weight is 277 g/mol. The van der Waals surface area contributed by atoms with Gasteiger partial charge in [0.15, 0.2) is 0 Å². The molecule has 0 spiro atoms. The monoisotopic (exact) mass is 277 g/mol. The number of ether oxygens (including phenoxy) is 1. The van der Waals surface area contributed by atoms with Crippen molar-refractivity contribution in [2.45, 2.75) is 39.2 Å². The number of aromatic carboxylic acids is 1. The van der Waals surface area contributed by atoms with Gasteiger partial charge in [0.05, 0.1) is 5.56 Å². The molecule has 108 valence electrons. The van der Waals surface area contributed by atoms with Gasteiger partial charge in [0, 0.05) is 12.3 Å². The second kappa shape index (κ2) is 6.05. The third kappa shape index (κ3) is 3.17. The van der Waals surface area contributed by atoms with E-state index in [-0.39, 0.29) is 11.5 Å². The maximum absolute atomic E-state index is 12.1. The van der Waals surface area contributed by atoms with E-state index >= 15 is 0 Å². The van der Waals surface area contributed by atoms with E-state index in [1.165, 1.54) is 6.07 Å². The number of hydrogen-bond donors (Lipinski definition) is 2. The van der Waals surface area contributed by atoms with Crippen LogP contribution in [-0.2, 0) is 9.53 Å². The number of hydrogen-bond acceptors (Lipinski definition) is 3. The fourth-order valence-corrected chi connectivity index (χ4v) is 2.38. The molecule has 1 fully saturated rings. The summed E-state index contributed by atoms with van der Waals surface area (Å²) in [5.74, 6) is -1.19. The second-order valence-corrected chi connectivity index (χ2v) is 5.13. The van der Waals surface area contributed by atoms with Crippen molar-refractivity contribution in [3.63, 3.8) is 0 Å². The van der Waals surface area contributed by atoms with Crippen molar-refractivity contribution in [3.8, 4) is 0 Å². The average Bonchev–Trinajstić information content (AvgIpc) is 2.42. The maximum Gasteiger partial charge on any atom is 0.336 e. The Hall–Kier alpha value is -1.88. The molecule has 0 unspecified atom stereocenters. The maximum atomic E-state index is 12.1. The van der Waals surface area contributed by atoms with E-state index in [1.54, 1.807) is 13.0 Å². The molecule has 0 aromatic heterocycles. The van der Waals surface area contributed by atoms with Crippen LogP contribution in [0.3, 0.4) is 0 Å². The van der Waals surface area contributed by atoms with Crippen molar-refractivity contribution in [2.75, 3.05) is 11.9 Å². The molecule has 2 rings (SSSR count). The molecule has 5 nitrogen and oxygen atoms in total. The molecular formula is C15H19NO4. The molecule has 1 saturated heterocycles. The topological polar surface area (TPSA) is 75.6 Å². The lowest BCUT2D eigenvalue weighted by Crippen LogP contribution is -2.33. The summed E-state index contributed by atoms with van der Waals surface area (Å²) in [6.45, 7) is 4.19. The van der Waals surface area contributed by atoms with Gasteiger partial charge in [-0.3, -0.25) is 4.79 Å². The van der Waals surface area contributed by atoms with Crippen molar-refractivity contribution in [1.29, 1.82) is 0 Å². The Balaban J connectivity index is 2.18. The highest BCUT2D eigenvalue weighted by Crippen LogP contribution is 2.22. The first kappa shape index (κ1) is 14.5. The summed E-state index contributed by atoms with van der Waals surface area (Å²) in [5, 5.41) is 11.9. The summed E-state index contributed by atoms with van der Waals surface area (Å²) >= 11 is 0. The number of amides is 1. The normalized spacial score (nSPS) is 18.6. The number of carbonyl (C=O) groups is 2. The van der Waals surface area contributed by atoms with Crippen LogP contribution in [0.5, 0.6) is 0 Å². The third-order valence-electron chi connectivity index (χ3n) is 3.53. The molecule has 0 saturated carbocycles. The lowest BCUT2D eigenvalue weighted by atomic mass is 10.0. The predicted molar refractivity (Wildman–Crippen MR) is 75.1 cm³/mol. The Bertz CT molecular complexity index is 533. The van der Waals surface area contributed by atoms with Gasteiger partial charge in [0.25, 0.3) is 5.91 Å². The van der Waals surface area contributed by atoms with E-state index in [4.69, 9.17) is 9.84 Å². The van der Waals surface area contributed by atoms with Crippen LogP contribution in [0, 0.1) is 13.8 Å². The van der Waals surface area contributed by atoms with E-state index in [9.17, 15) is 9.59 Å². The summed E-state index contributed by atoms with van der Waals surface area (Å²) in [4.78, 5) is 23.2. The van der Waals surface area contributed by atoms with Crippen LogP contribution in [0.15, 0.2) is 12.1 Å². The number of aryl methyl sites for hydroxylation is 2. The molecule has 1 aliphatic rings. The summed E-state index contributed by atoms with van der Waals surface area (Å²) in [5.41, 5.74) is 2.27. The molecule has 2 N–H and O–H groups in total. The Morgan fingerprint density at radius 3 is 2.60 bits per heavy atom. The predicted octanol–water partition coefficient (Wildman–Crippen LogP) is 2.51. The Morgan fingerprint density at radius 1 is 1.25 bits per heavy atom. The molecular weight excluding hydrogens is 258 g/mol. The molecule has 1 atom stereocenters. The molecule has 1 aromatic carbocycles. The van der Waals surface area contributed by atoms with Gasteiger partial charge in [-0.05, 0) is 50.3 Å². The molecule has 1 heterocycles. The number of carboxylic acid groups (broad SMARTS) is 1. The smallest absolute Gasteiger partial charge is 0.336 e. The number of nitrogens with one attached hydrogen (secondary N) is 1. The van der Waals surface area contributed by atoms with Crippen LogP contribution in [0.25, 0.3) is 0 Å². The van der Waals surface area contributed by atoms with Crippen LogP contribution < -0.4 is 5.32 Å². The van der Waals surface area contributed by atoms with Crippen molar-refractivity contribution < 1.29 is 19.4 Å². The fraction of sp³-hybridized carbons (Fsp3) is 0.467. The van der Waals surface area contributed by atoms with Crippen molar-refractivity contribution in [3.05, 3.63) is 28.8 Å². The number of carbonyl (C=O) groups excluding carboxylic acids is 1. The van der Waals surface area contributed by atoms with E-state index < -0.39 is 12.1 Å². The largest absolute Gasteiger partial charge is 0.478 e. The fourth-order valence-electron chi connectivity index (χ4n) is 2.38. The van der Waals surface area contributed by atoms with Crippen LogP contribution in [0.1, 0.15) is 40.7 Å². The Morgan fingerprint density at radius 2 is 2.00 bits per heavy atom. The van der Waals surface area contributed by atoms with Gasteiger partial charge in [-0.1, -0.05) is 6.07 Å². The van der Waals surface area contributed by atoms with Crippen molar-refractivity contribution >= 4 is 17.6 Å². The molecule has 0 radical (unpaired) electrons. The number of carboxylic acids is 1. The molecule has 0 aliphatic carbocycles. The van der Waals surface area contributed by atoms with Crippen LogP contribution in [0.2, 0.25) is 0 Å². The first-order valence-electron chi connectivity index (χ1n) is 6.76. The number of rotatable bonds is 3. The van der Waals surface area contributed by atoms with Gasteiger partial charge in [0.2, 0.25) is 0 Å². The minimum Gasteiger partial charge on any atom is -0.478 e. The molecule has 1 amide bonds. The first-order chi connectivity index (χ1) is 9.49. The van der Waals surface area contributed by atoms with Gasteiger partial charge in [-0.25, -0.2) is 4.79 Å². The van der Waals surface area contributed by atoms with Gasteiger partial charge >= 0.3 is 5.97 Å². The van der Waals surface area contributed by atoms with E-state index in [1.807, 2.05) is 6.92 Å². The number of benzene rings is 1. The molecule has 20 heavy (non-hydrogen) atoms. The molecule has 0 bridgehead atoms. The molecule has 1 aliphatic heterocycles. The van der Waals surface area contributed by atoms with E-state index in [0.29, 0.717) is 24.3 Å². The highest BCUT2D eigenvalue weighted by Gasteiger charge is 2.22. The molecule has 1 aromatic rings. The van der Waals surface area contributed by atoms with Crippen LogP contribution in [0.4, 0.5) is 5.69 Å². The van der Waals surface area contributed by atoms with Gasteiger partial charge in [-0.2, -0.15) is 0 Å². The second-order valence-electron chi connectivity index (χ2n) is 5.13. The lowest BCUT2D eigenvalue weighted by molar-refractivity contribution is -0.129. The van der Waals surface area contributed by atoms with Crippen molar-refractivity contribution in [1.82, 2.24) is 0 Å². The standard InChI is InChI=1S/C15H19NO4/c1-9-7-10(2)12(8-11(9)15(18)19)16-14(17)13-5-3-4-6-20-13/h7-8,13H,3-6H2,1-2H3,(H,16,17)(H,18,19)/t13-/m1/s1. The van der Waals surface area contributed by atoms with Crippen molar-refractivity contribution in [2.24, 2.45) is 0 Å². The van der Waals surface area contributed by atoms with E-state index in [0.717, 1.165) is 18.4 Å². The summed E-state index contributed by atoms with van der Waals surface area (Å²) in [6.07, 6.45) is 2.24. The van der Waals surface area contributed by atoms with Gasteiger partial charge < -0.3 is 15.2 Å². The third-order valence-corrected chi connectivity index (χ3v) is 3.53. The highest BCUT2D eigenvalue weighted by molar-refractivity contribution is 5.97. The zero-order valence-corrected chi connectivity index (χ0v) is 11.7. The molecule has 5 heteroatoms. The Kier molecular flexibility index (Phi) is 4.39. The van der Waals surface area contributed by atoms with Crippen LogP contribution >= 0.6 is 0 Å². The summed E-state index contributed by atoms with van der Waals surface area (Å²) < 4.78 is 5.42. The van der Waals surface area contributed by atoms with Crippen LogP contribution in [-0.4, -0.2) is 29.7 Å². The summed E-state index contributed by atoms with van der Waals surface area (Å²) in [7, 11) is 0.